The smallest absolute Gasteiger partial charge is 0.306 e. The highest BCUT2D eigenvalue weighted by atomic mass is 16.5. The molecule has 0 bridgehead atoms. The van der Waals surface area contributed by atoms with E-state index in [4.69, 9.17) is 9.84 Å². The van der Waals surface area contributed by atoms with Crippen LogP contribution < -0.4 is 0 Å². The van der Waals surface area contributed by atoms with E-state index in [-0.39, 0.29) is 12.1 Å². The third-order valence-corrected chi connectivity index (χ3v) is 9.90. The molecule has 0 heterocycles. The Balaban J connectivity index is 3.37. The Kier molecular flexibility index (Phi) is 37.5. The molecule has 1 N–H and O–H groups in total. The average molecular weight is 651 g/mol. The predicted octanol–water partition coefficient (Wildman–Crippen LogP) is 14.5. The molecule has 0 saturated carbocycles. The van der Waals surface area contributed by atoms with Crippen molar-refractivity contribution in [3.8, 4) is 0 Å². The zero-order valence-electron chi connectivity index (χ0n) is 31.4. The molecule has 0 saturated heterocycles. The zero-order valence-corrected chi connectivity index (χ0v) is 31.4. The van der Waals surface area contributed by atoms with Crippen LogP contribution in [0.2, 0.25) is 0 Å². The third kappa shape index (κ3) is 37.4. The van der Waals surface area contributed by atoms with Crippen LogP contribution in [0, 0.1) is 0 Å². The van der Waals surface area contributed by atoms with E-state index in [1.807, 2.05) is 0 Å². The van der Waals surface area contributed by atoms with Gasteiger partial charge in [-0.25, -0.2) is 0 Å². The van der Waals surface area contributed by atoms with E-state index in [0.29, 0.717) is 12.8 Å². The second-order valence-corrected chi connectivity index (χ2v) is 14.5. The summed E-state index contributed by atoms with van der Waals surface area (Å²) in [7, 11) is 0. The summed E-state index contributed by atoms with van der Waals surface area (Å²) in [5.41, 5.74) is 0. The van der Waals surface area contributed by atoms with Crippen LogP contribution >= 0.6 is 0 Å². The van der Waals surface area contributed by atoms with Crippen LogP contribution in [0.4, 0.5) is 0 Å². The molecule has 0 aromatic heterocycles. The van der Waals surface area contributed by atoms with Gasteiger partial charge in [0.2, 0.25) is 0 Å². The van der Waals surface area contributed by atoms with Gasteiger partial charge in [0, 0.05) is 12.8 Å². The Morgan fingerprint density at radius 2 is 0.696 bits per heavy atom. The summed E-state index contributed by atoms with van der Waals surface area (Å²) in [6.45, 7) is 4.44. The SMILES string of the molecule is CCCCCCCCCCCCCCCCCCCC(=O)OC(CC)CCCCCCCCCCCCCCCCCCC(=O)O. The molecule has 274 valence electrons. The summed E-state index contributed by atoms with van der Waals surface area (Å²) >= 11 is 0. The lowest BCUT2D eigenvalue weighted by Gasteiger charge is -2.16. The van der Waals surface area contributed by atoms with E-state index in [0.717, 1.165) is 32.1 Å². The highest BCUT2D eigenvalue weighted by Crippen LogP contribution is 2.18. The van der Waals surface area contributed by atoms with Crippen LogP contribution in [-0.4, -0.2) is 23.1 Å². The van der Waals surface area contributed by atoms with Gasteiger partial charge in [-0.15, -0.1) is 0 Å². The fourth-order valence-corrected chi connectivity index (χ4v) is 6.71. The lowest BCUT2D eigenvalue weighted by molar-refractivity contribution is -0.149. The van der Waals surface area contributed by atoms with E-state index in [2.05, 4.69) is 13.8 Å². The highest BCUT2D eigenvalue weighted by Gasteiger charge is 2.12. The van der Waals surface area contributed by atoms with Gasteiger partial charge in [-0.1, -0.05) is 206 Å². The molecule has 0 aliphatic carbocycles. The van der Waals surface area contributed by atoms with Crippen LogP contribution in [0.5, 0.6) is 0 Å². The summed E-state index contributed by atoms with van der Waals surface area (Å²) in [5.74, 6) is -0.633. The van der Waals surface area contributed by atoms with E-state index < -0.39 is 5.97 Å². The third-order valence-electron chi connectivity index (χ3n) is 9.90. The van der Waals surface area contributed by atoms with Gasteiger partial charge in [-0.05, 0) is 32.1 Å². The fraction of sp³-hybridized carbons (Fsp3) is 0.952. The Bertz CT molecular complexity index is 619. The van der Waals surface area contributed by atoms with Crippen LogP contribution in [-0.2, 0) is 14.3 Å². The molecule has 0 aromatic rings. The van der Waals surface area contributed by atoms with Crippen molar-refractivity contribution in [2.75, 3.05) is 0 Å². The van der Waals surface area contributed by atoms with Crippen molar-refractivity contribution in [1.82, 2.24) is 0 Å². The molecule has 0 rings (SSSR count). The molecule has 0 amide bonds. The van der Waals surface area contributed by atoms with Crippen LogP contribution in [0.25, 0.3) is 0 Å². The highest BCUT2D eigenvalue weighted by molar-refractivity contribution is 5.69. The van der Waals surface area contributed by atoms with Crippen molar-refractivity contribution in [2.45, 2.75) is 258 Å². The van der Waals surface area contributed by atoms with Gasteiger partial charge in [0.1, 0.15) is 6.10 Å². The normalized spacial score (nSPS) is 12.0. The van der Waals surface area contributed by atoms with Crippen molar-refractivity contribution >= 4 is 11.9 Å². The first-order chi connectivity index (χ1) is 22.6. The summed E-state index contributed by atoms with van der Waals surface area (Å²) in [6, 6.07) is 0. The molecule has 0 aromatic carbocycles. The molecule has 0 fully saturated rings. The van der Waals surface area contributed by atoms with Crippen molar-refractivity contribution in [3.63, 3.8) is 0 Å². The number of carboxylic acid groups (broad SMARTS) is 1. The predicted molar refractivity (Wildman–Crippen MR) is 200 cm³/mol. The van der Waals surface area contributed by atoms with Gasteiger partial charge in [-0.3, -0.25) is 9.59 Å². The van der Waals surface area contributed by atoms with Crippen LogP contribution in [0.1, 0.15) is 251 Å². The minimum Gasteiger partial charge on any atom is -0.481 e. The maximum Gasteiger partial charge on any atom is 0.306 e. The van der Waals surface area contributed by atoms with Gasteiger partial charge in [0.25, 0.3) is 0 Å². The van der Waals surface area contributed by atoms with E-state index in [1.165, 1.54) is 193 Å². The van der Waals surface area contributed by atoms with E-state index >= 15 is 0 Å². The summed E-state index contributed by atoms with van der Waals surface area (Å²) in [6.07, 6.45) is 46.6. The number of hydrogen-bond acceptors (Lipinski definition) is 3. The van der Waals surface area contributed by atoms with Gasteiger partial charge in [0.05, 0.1) is 0 Å². The molecule has 0 aliphatic rings. The molecular formula is C42H82O4. The maximum atomic E-state index is 12.3. The number of hydrogen-bond donors (Lipinski definition) is 1. The van der Waals surface area contributed by atoms with E-state index in [9.17, 15) is 9.59 Å². The Hall–Kier alpha value is -1.06. The standard InChI is InChI=1S/C42H82O4/c1-3-5-6-7-8-9-10-11-12-13-18-21-24-27-30-33-36-39-42(45)46-40(4-2)37-34-31-28-25-22-19-16-14-15-17-20-23-26-29-32-35-38-41(43)44/h40H,3-39H2,1-2H3,(H,43,44). The molecule has 1 unspecified atom stereocenters. The first kappa shape index (κ1) is 44.9. The molecule has 4 nitrogen and oxygen atoms in total. The molecule has 46 heavy (non-hydrogen) atoms. The van der Waals surface area contributed by atoms with Gasteiger partial charge >= 0.3 is 11.9 Å². The molecule has 0 spiro atoms. The van der Waals surface area contributed by atoms with Crippen molar-refractivity contribution < 1.29 is 19.4 Å². The van der Waals surface area contributed by atoms with Crippen molar-refractivity contribution in [1.29, 1.82) is 0 Å². The Labute approximate surface area is 288 Å². The first-order valence-corrected chi connectivity index (χ1v) is 21.0. The first-order valence-electron chi connectivity index (χ1n) is 21.0. The second-order valence-electron chi connectivity index (χ2n) is 14.5. The number of unbranched alkanes of at least 4 members (excludes halogenated alkanes) is 31. The maximum absolute atomic E-state index is 12.3. The minimum absolute atomic E-state index is 0.0285. The number of carbonyl (C=O) groups excluding carboxylic acids is 1. The van der Waals surface area contributed by atoms with Crippen LogP contribution in [0.15, 0.2) is 0 Å². The Morgan fingerprint density at radius 3 is 1.00 bits per heavy atom. The van der Waals surface area contributed by atoms with E-state index in [1.54, 1.807) is 0 Å². The molecule has 0 aliphatic heterocycles. The largest absolute Gasteiger partial charge is 0.481 e. The number of rotatable bonds is 39. The van der Waals surface area contributed by atoms with Gasteiger partial charge in [-0.2, -0.15) is 0 Å². The number of esters is 1. The zero-order chi connectivity index (χ0) is 33.6. The monoisotopic (exact) mass is 651 g/mol. The second kappa shape index (κ2) is 38.4. The quantitative estimate of drug-likeness (QED) is 0.0531. The molecular weight excluding hydrogens is 568 g/mol. The van der Waals surface area contributed by atoms with Gasteiger partial charge in [0.15, 0.2) is 0 Å². The molecule has 0 radical (unpaired) electrons. The number of aliphatic carboxylic acids is 1. The van der Waals surface area contributed by atoms with Crippen molar-refractivity contribution in [2.24, 2.45) is 0 Å². The Morgan fingerprint density at radius 1 is 0.413 bits per heavy atom. The fourth-order valence-electron chi connectivity index (χ4n) is 6.71. The average Bonchev–Trinajstić information content (AvgIpc) is 3.04. The number of carboxylic acids is 1. The van der Waals surface area contributed by atoms with Crippen LogP contribution in [0.3, 0.4) is 0 Å². The topological polar surface area (TPSA) is 63.6 Å². The minimum atomic E-state index is -0.662. The molecule has 4 heteroatoms. The summed E-state index contributed by atoms with van der Waals surface area (Å²) < 4.78 is 5.81. The van der Waals surface area contributed by atoms with Crippen molar-refractivity contribution in [3.05, 3.63) is 0 Å². The number of carbonyl (C=O) groups is 2. The summed E-state index contributed by atoms with van der Waals surface area (Å²) in [4.78, 5) is 22.8. The number of ether oxygens (including phenoxy) is 1. The lowest BCUT2D eigenvalue weighted by atomic mass is 10.0. The van der Waals surface area contributed by atoms with Gasteiger partial charge < -0.3 is 9.84 Å². The lowest BCUT2D eigenvalue weighted by Crippen LogP contribution is -2.17. The summed E-state index contributed by atoms with van der Waals surface area (Å²) in [5, 5.41) is 8.65. The molecule has 1 atom stereocenters.